The zero-order valence-electron chi connectivity index (χ0n) is 34.7. The molecule has 53 heavy (non-hydrogen) atoms. The van der Waals surface area contributed by atoms with Crippen molar-refractivity contribution in [2.75, 3.05) is 47.5 Å². The first-order chi connectivity index (χ1) is 25.5. The average molecular weight is 770 g/mol. The van der Waals surface area contributed by atoms with Crippen molar-refractivity contribution in [2.45, 2.75) is 180 Å². The molecule has 0 heterocycles. The fourth-order valence-electron chi connectivity index (χ4n) is 5.52. The van der Waals surface area contributed by atoms with Crippen LogP contribution in [0.5, 0.6) is 0 Å². The monoisotopic (exact) mass is 770 g/mol. The Kier molecular flexibility index (Phi) is 34.7. The van der Waals surface area contributed by atoms with Crippen molar-refractivity contribution in [1.29, 1.82) is 0 Å². The molecule has 2 atom stereocenters. The predicted molar refractivity (Wildman–Crippen MR) is 217 cm³/mol. The van der Waals surface area contributed by atoms with Crippen LogP contribution in [0, 0.1) is 0 Å². The highest BCUT2D eigenvalue weighted by Crippen LogP contribution is 2.38. The van der Waals surface area contributed by atoms with Crippen molar-refractivity contribution in [3.8, 4) is 0 Å². The molecule has 10 heteroatoms. The normalized spacial score (nSPS) is 14.0. The number of esters is 2. The van der Waals surface area contributed by atoms with E-state index in [1.165, 1.54) is 64.2 Å². The van der Waals surface area contributed by atoms with Crippen LogP contribution in [-0.4, -0.2) is 70.0 Å². The quantitative estimate of drug-likeness (QED) is 0.0152. The Morgan fingerprint density at radius 3 is 1.53 bits per heavy atom. The van der Waals surface area contributed by atoms with Crippen molar-refractivity contribution in [3.63, 3.8) is 0 Å². The molecule has 310 valence electrons. The number of carbonyl (C=O) groups is 2. The number of nitrogens with zero attached hydrogens (tertiary/aromatic N) is 1. The zero-order chi connectivity index (χ0) is 39.3. The van der Waals surface area contributed by atoms with E-state index in [0.717, 1.165) is 70.6 Å². The maximum Gasteiger partial charge on any atom is 0.306 e. The zero-order valence-corrected chi connectivity index (χ0v) is 35.6. The minimum absolute atomic E-state index is 0.0353. The highest BCUT2D eigenvalue weighted by atomic mass is 31.2. The largest absolute Gasteiger partial charge is 0.756 e. The molecule has 0 rings (SSSR count). The number of allylic oxidation sites excluding steroid dienone is 6. The van der Waals surface area contributed by atoms with Gasteiger partial charge in [-0.1, -0.05) is 134 Å². The Balaban J connectivity index is 4.43. The number of ether oxygens (including phenoxy) is 2. The fourth-order valence-corrected chi connectivity index (χ4v) is 6.25. The number of unbranched alkanes of at least 4 members (excludes halogenated alkanes) is 19. The first-order valence-corrected chi connectivity index (χ1v) is 22.7. The van der Waals surface area contributed by atoms with E-state index < -0.39 is 32.5 Å². The van der Waals surface area contributed by atoms with E-state index in [1.807, 2.05) is 21.1 Å². The second kappa shape index (κ2) is 35.9. The number of quaternary nitrogens is 1. The molecule has 0 radical (unpaired) electrons. The summed E-state index contributed by atoms with van der Waals surface area (Å²) in [6.45, 7) is 4.16. The van der Waals surface area contributed by atoms with Crippen LogP contribution in [0.2, 0.25) is 0 Å². The molecular weight excluding hydrogens is 689 g/mol. The first kappa shape index (κ1) is 51.2. The summed E-state index contributed by atoms with van der Waals surface area (Å²) >= 11 is 0. The second-order valence-electron chi connectivity index (χ2n) is 15.4. The molecule has 0 amide bonds. The number of phosphoric ester groups is 1. The van der Waals surface area contributed by atoms with E-state index in [1.54, 1.807) is 0 Å². The molecule has 0 bridgehead atoms. The van der Waals surface area contributed by atoms with E-state index in [-0.39, 0.29) is 26.1 Å². The Labute approximate surface area is 325 Å². The van der Waals surface area contributed by atoms with Gasteiger partial charge in [0.15, 0.2) is 6.10 Å². The number of hydrogen-bond donors (Lipinski definition) is 0. The highest BCUT2D eigenvalue weighted by molar-refractivity contribution is 7.45. The van der Waals surface area contributed by atoms with E-state index in [4.69, 9.17) is 18.5 Å². The Bertz CT molecular complexity index is 1010. The molecule has 0 aromatic carbocycles. The molecule has 9 nitrogen and oxygen atoms in total. The molecule has 0 aliphatic heterocycles. The highest BCUT2D eigenvalue weighted by Gasteiger charge is 2.21. The van der Waals surface area contributed by atoms with Crippen molar-refractivity contribution in [3.05, 3.63) is 36.5 Å². The molecule has 0 aromatic rings. The number of likely N-dealkylation sites (N-methyl/N-ethyl adjacent to an activating group) is 1. The van der Waals surface area contributed by atoms with Gasteiger partial charge in [-0.15, -0.1) is 0 Å². The lowest BCUT2D eigenvalue weighted by Gasteiger charge is -2.28. The summed E-state index contributed by atoms with van der Waals surface area (Å²) in [6.07, 6.45) is 38.8. The molecule has 0 saturated carbocycles. The summed E-state index contributed by atoms with van der Waals surface area (Å²) in [5, 5.41) is 0. The lowest BCUT2D eigenvalue weighted by molar-refractivity contribution is -0.870. The van der Waals surface area contributed by atoms with E-state index in [0.29, 0.717) is 23.9 Å². The number of rotatable bonds is 38. The molecular formula is C43H80NO8P. The van der Waals surface area contributed by atoms with Gasteiger partial charge in [-0.25, -0.2) is 0 Å². The predicted octanol–water partition coefficient (Wildman–Crippen LogP) is 11.1. The van der Waals surface area contributed by atoms with Gasteiger partial charge in [0.2, 0.25) is 0 Å². The molecule has 0 aliphatic rings. The number of hydrogen-bond acceptors (Lipinski definition) is 8. The van der Waals surface area contributed by atoms with Crippen LogP contribution < -0.4 is 4.89 Å². The van der Waals surface area contributed by atoms with Gasteiger partial charge in [0.05, 0.1) is 27.7 Å². The van der Waals surface area contributed by atoms with Crippen LogP contribution in [-0.2, 0) is 32.7 Å². The lowest BCUT2D eigenvalue weighted by Crippen LogP contribution is -2.37. The Morgan fingerprint density at radius 2 is 1.02 bits per heavy atom. The Hall–Kier alpha value is -1.77. The van der Waals surface area contributed by atoms with Gasteiger partial charge in [0.1, 0.15) is 19.8 Å². The van der Waals surface area contributed by atoms with Crippen LogP contribution >= 0.6 is 7.82 Å². The molecule has 1 unspecified atom stereocenters. The van der Waals surface area contributed by atoms with Crippen LogP contribution in [0.25, 0.3) is 0 Å². The third kappa shape index (κ3) is 39.7. The van der Waals surface area contributed by atoms with Gasteiger partial charge < -0.3 is 27.9 Å². The smallest absolute Gasteiger partial charge is 0.306 e. The average Bonchev–Trinajstić information content (AvgIpc) is 3.10. The molecule has 0 aromatic heterocycles. The topological polar surface area (TPSA) is 111 Å². The van der Waals surface area contributed by atoms with Crippen molar-refractivity contribution in [2.24, 2.45) is 0 Å². The van der Waals surface area contributed by atoms with Gasteiger partial charge in [0.25, 0.3) is 7.82 Å². The molecule has 0 aliphatic carbocycles. The van der Waals surface area contributed by atoms with Gasteiger partial charge >= 0.3 is 11.9 Å². The van der Waals surface area contributed by atoms with E-state index >= 15 is 0 Å². The van der Waals surface area contributed by atoms with Crippen LogP contribution in [0.4, 0.5) is 0 Å². The molecule has 0 spiro atoms. The number of carbonyl (C=O) groups excluding carboxylic acids is 2. The number of phosphoric acid groups is 1. The minimum atomic E-state index is -4.63. The van der Waals surface area contributed by atoms with Crippen LogP contribution in [0.3, 0.4) is 0 Å². The summed E-state index contributed by atoms with van der Waals surface area (Å²) in [7, 11) is 1.15. The van der Waals surface area contributed by atoms with Gasteiger partial charge in [-0.3, -0.25) is 14.2 Å². The van der Waals surface area contributed by atoms with Gasteiger partial charge in [-0.05, 0) is 64.2 Å². The first-order valence-electron chi connectivity index (χ1n) is 21.2. The summed E-state index contributed by atoms with van der Waals surface area (Å²) in [5.41, 5.74) is 0. The second-order valence-corrected chi connectivity index (χ2v) is 16.8. The molecule has 0 N–H and O–H groups in total. The van der Waals surface area contributed by atoms with E-state index in [9.17, 15) is 19.0 Å². The summed E-state index contributed by atoms with van der Waals surface area (Å²) in [6, 6.07) is 0. The molecule has 0 fully saturated rings. The summed E-state index contributed by atoms with van der Waals surface area (Å²) in [5.74, 6) is -0.863. The van der Waals surface area contributed by atoms with Crippen LogP contribution in [0.1, 0.15) is 174 Å². The maximum absolute atomic E-state index is 12.6. The van der Waals surface area contributed by atoms with Gasteiger partial charge in [-0.2, -0.15) is 0 Å². The summed E-state index contributed by atoms with van der Waals surface area (Å²) in [4.78, 5) is 37.4. The van der Waals surface area contributed by atoms with Crippen molar-refractivity contribution < 1.29 is 42.1 Å². The molecule has 0 saturated heterocycles. The Morgan fingerprint density at radius 1 is 0.585 bits per heavy atom. The van der Waals surface area contributed by atoms with Gasteiger partial charge in [0, 0.05) is 12.8 Å². The fraction of sp³-hybridized carbons (Fsp3) is 0.814. The minimum Gasteiger partial charge on any atom is -0.756 e. The SMILES string of the molecule is CCCCCC/C=C/C=C/CCCCCCCC(=O)OC[C@H](COP(=O)([O-])OCC[N+](C)(C)C)OC(=O)CCCCCCC/C=C/CCCCCCC. The summed E-state index contributed by atoms with van der Waals surface area (Å²) < 4.78 is 33.8. The van der Waals surface area contributed by atoms with Crippen LogP contribution in [0.15, 0.2) is 36.5 Å². The van der Waals surface area contributed by atoms with E-state index in [2.05, 4.69) is 50.3 Å². The lowest BCUT2D eigenvalue weighted by atomic mass is 10.1. The third-order valence-corrected chi connectivity index (χ3v) is 9.87. The van der Waals surface area contributed by atoms with Crippen molar-refractivity contribution >= 4 is 19.8 Å². The standard InChI is InChI=1S/C43H80NO8P/c1-6-8-10-12-14-16-18-20-22-24-25-27-29-31-33-35-42(45)49-39-41(40-51-53(47,48)50-38-37-44(3,4)5)52-43(46)36-34-32-30-28-26-23-21-19-17-15-13-11-9-7-2/h16,18-22,41H,6-15,17,23-40H2,1-5H3/b18-16+,21-19+,22-20+/t41-/m1/s1. The van der Waals surface area contributed by atoms with Crippen molar-refractivity contribution in [1.82, 2.24) is 0 Å². The maximum atomic E-state index is 12.6. The third-order valence-electron chi connectivity index (χ3n) is 8.91.